The molecule has 0 aliphatic heterocycles. The normalized spacial score (nSPS) is 10.2. The number of anilines is 1. The monoisotopic (exact) mass is 293 g/mol. The lowest BCUT2D eigenvalue weighted by atomic mass is 10.2. The van der Waals surface area contributed by atoms with Crippen molar-refractivity contribution >= 4 is 23.1 Å². The molecule has 0 bridgehead atoms. The molecule has 0 amide bonds. The van der Waals surface area contributed by atoms with E-state index in [4.69, 9.17) is 16.3 Å². The summed E-state index contributed by atoms with van der Waals surface area (Å²) >= 11 is 6.05. The lowest BCUT2D eigenvalue weighted by molar-refractivity contribution is -0.386. The van der Waals surface area contributed by atoms with Gasteiger partial charge < -0.3 is 10.1 Å². The van der Waals surface area contributed by atoms with E-state index in [0.29, 0.717) is 16.6 Å². The van der Waals surface area contributed by atoms with E-state index in [1.54, 1.807) is 25.2 Å². The number of nitrogens with one attached hydrogen (secondary N) is 1. The van der Waals surface area contributed by atoms with Crippen LogP contribution in [0, 0.1) is 17.0 Å². The SMILES string of the molecule is CNc1ccc([N+](=O)[O-])c(Oc2ccc(C)cc2Cl)n1. The number of aryl methyl sites for hydroxylation is 1. The smallest absolute Gasteiger partial charge is 0.331 e. The van der Waals surface area contributed by atoms with Crippen molar-refractivity contribution in [2.24, 2.45) is 0 Å². The lowest BCUT2D eigenvalue weighted by Gasteiger charge is -2.09. The van der Waals surface area contributed by atoms with E-state index in [1.807, 2.05) is 6.92 Å². The third-order valence-electron chi connectivity index (χ3n) is 2.59. The summed E-state index contributed by atoms with van der Waals surface area (Å²) in [5.74, 6) is 0.683. The second-order valence-electron chi connectivity index (χ2n) is 4.06. The molecule has 2 rings (SSSR count). The maximum Gasteiger partial charge on any atom is 0.331 e. The highest BCUT2D eigenvalue weighted by atomic mass is 35.5. The van der Waals surface area contributed by atoms with E-state index in [1.165, 1.54) is 12.1 Å². The molecular formula is C13H12ClN3O3. The second-order valence-corrected chi connectivity index (χ2v) is 4.47. The topological polar surface area (TPSA) is 77.3 Å². The first kappa shape index (κ1) is 14.1. The van der Waals surface area contributed by atoms with Crippen LogP contribution in [-0.4, -0.2) is 17.0 Å². The zero-order valence-corrected chi connectivity index (χ0v) is 11.6. The average Bonchev–Trinajstić information content (AvgIpc) is 2.41. The highest BCUT2D eigenvalue weighted by Gasteiger charge is 2.19. The van der Waals surface area contributed by atoms with Crippen molar-refractivity contribution in [3.05, 3.63) is 51.0 Å². The predicted molar refractivity (Wildman–Crippen MR) is 76.7 cm³/mol. The van der Waals surface area contributed by atoms with E-state index in [9.17, 15) is 10.1 Å². The lowest BCUT2D eigenvalue weighted by Crippen LogP contribution is -1.99. The van der Waals surface area contributed by atoms with Gasteiger partial charge in [0.05, 0.1) is 9.95 Å². The number of nitro groups is 1. The average molecular weight is 294 g/mol. The number of pyridine rings is 1. The van der Waals surface area contributed by atoms with Crippen LogP contribution in [0.3, 0.4) is 0 Å². The number of aromatic nitrogens is 1. The van der Waals surface area contributed by atoms with Crippen LogP contribution in [0.2, 0.25) is 5.02 Å². The van der Waals surface area contributed by atoms with Crippen LogP contribution in [-0.2, 0) is 0 Å². The Morgan fingerprint density at radius 2 is 2.10 bits per heavy atom. The largest absolute Gasteiger partial charge is 0.432 e. The molecule has 0 fully saturated rings. The Kier molecular flexibility index (Phi) is 4.05. The second kappa shape index (κ2) is 5.75. The molecule has 0 aliphatic carbocycles. The summed E-state index contributed by atoms with van der Waals surface area (Å²) in [7, 11) is 1.66. The van der Waals surface area contributed by atoms with Crippen molar-refractivity contribution in [1.29, 1.82) is 0 Å². The minimum atomic E-state index is -0.552. The molecule has 0 spiro atoms. The van der Waals surface area contributed by atoms with E-state index in [0.717, 1.165) is 5.56 Å². The van der Waals surface area contributed by atoms with Gasteiger partial charge in [0.25, 0.3) is 0 Å². The molecule has 0 unspecified atom stereocenters. The molecule has 1 aromatic heterocycles. The highest BCUT2D eigenvalue weighted by Crippen LogP contribution is 2.34. The first-order valence-electron chi connectivity index (χ1n) is 5.78. The highest BCUT2D eigenvalue weighted by molar-refractivity contribution is 6.32. The van der Waals surface area contributed by atoms with Gasteiger partial charge >= 0.3 is 11.6 Å². The summed E-state index contributed by atoms with van der Waals surface area (Å²) < 4.78 is 5.47. The fraction of sp³-hybridized carbons (Fsp3) is 0.154. The number of hydrogen-bond acceptors (Lipinski definition) is 5. The molecule has 0 radical (unpaired) electrons. The zero-order chi connectivity index (χ0) is 14.7. The summed E-state index contributed by atoms with van der Waals surface area (Å²) in [6, 6.07) is 7.99. The van der Waals surface area contributed by atoms with E-state index in [-0.39, 0.29) is 11.6 Å². The fourth-order valence-electron chi connectivity index (χ4n) is 1.58. The molecule has 2 aromatic rings. The molecule has 1 aromatic carbocycles. The Hall–Kier alpha value is -2.34. The quantitative estimate of drug-likeness (QED) is 0.685. The van der Waals surface area contributed by atoms with Gasteiger partial charge in [-0.3, -0.25) is 10.1 Å². The van der Waals surface area contributed by atoms with Crippen molar-refractivity contribution in [1.82, 2.24) is 4.98 Å². The number of benzene rings is 1. The van der Waals surface area contributed by atoms with Gasteiger partial charge in [-0.05, 0) is 30.7 Å². The maximum absolute atomic E-state index is 11.0. The first-order chi connectivity index (χ1) is 9.51. The predicted octanol–water partition coefficient (Wildman–Crippen LogP) is 3.79. The Bertz CT molecular complexity index is 661. The van der Waals surface area contributed by atoms with Crippen LogP contribution >= 0.6 is 11.6 Å². The van der Waals surface area contributed by atoms with Crippen LogP contribution in [0.1, 0.15) is 5.56 Å². The molecule has 104 valence electrons. The maximum atomic E-state index is 11.0. The van der Waals surface area contributed by atoms with Gasteiger partial charge in [0, 0.05) is 13.1 Å². The molecule has 7 heteroatoms. The van der Waals surface area contributed by atoms with E-state index in [2.05, 4.69) is 10.3 Å². The number of halogens is 1. The Morgan fingerprint density at radius 1 is 1.35 bits per heavy atom. The summed E-state index contributed by atoms with van der Waals surface area (Å²) in [5, 5.41) is 14.2. The number of ether oxygens (including phenoxy) is 1. The Morgan fingerprint density at radius 3 is 2.70 bits per heavy atom. The van der Waals surface area contributed by atoms with Crippen LogP contribution in [0.15, 0.2) is 30.3 Å². The van der Waals surface area contributed by atoms with Crippen molar-refractivity contribution in [2.75, 3.05) is 12.4 Å². The molecule has 0 saturated carbocycles. The minimum Gasteiger partial charge on any atom is -0.432 e. The fourth-order valence-corrected chi connectivity index (χ4v) is 1.85. The minimum absolute atomic E-state index is 0.104. The van der Waals surface area contributed by atoms with Crippen LogP contribution < -0.4 is 10.1 Å². The molecule has 0 aliphatic rings. The molecule has 0 saturated heterocycles. The summed E-state index contributed by atoms with van der Waals surface area (Å²) in [6.07, 6.45) is 0. The van der Waals surface area contributed by atoms with E-state index >= 15 is 0 Å². The van der Waals surface area contributed by atoms with Gasteiger partial charge in [-0.1, -0.05) is 17.7 Å². The van der Waals surface area contributed by atoms with Crippen LogP contribution in [0.4, 0.5) is 11.5 Å². The van der Waals surface area contributed by atoms with Crippen molar-refractivity contribution in [2.45, 2.75) is 6.92 Å². The molecule has 6 nitrogen and oxygen atoms in total. The zero-order valence-electron chi connectivity index (χ0n) is 10.9. The summed E-state index contributed by atoms with van der Waals surface area (Å²) in [6.45, 7) is 1.89. The molecule has 1 N–H and O–H groups in total. The number of nitrogens with zero attached hydrogens (tertiary/aromatic N) is 2. The van der Waals surface area contributed by atoms with E-state index < -0.39 is 4.92 Å². The van der Waals surface area contributed by atoms with Crippen LogP contribution in [0.25, 0.3) is 0 Å². The Labute approximate surface area is 120 Å². The van der Waals surface area contributed by atoms with Gasteiger partial charge in [0.15, 0.2) is 0 Å². The summed E-state index contributed by atoms with van der Waals surface area (Å²) in [5.41, 5.74) is 0.745. The van der Waals surface area contributed by atoms with Gasteiger partial charge in [-0.15, -0.1) is 0 Å². The van der Waals surface area contributed by atoms with Gasteiger partial charge in [0.1, 0.15) is 11.6 Å². The molecule has 0 atom stereocenters. The van der Waals surface area contributed by atoms with Crippen molar-refractivity contribution in [3.63, 3.8) is 0 Å². The third kappa shape index (κ3) is 2.97. The third-order valence-corrected chi connectivity index (χ3v) is 2.88. The van der Waals surface area contributed by atoms with Gasteiger partial charge in [-0.2, -0.15) is 4.98 Å². The Balaban J connectivity index is 2.43. The van der Waals surface area contributed by atoms with Gasteiger partial charge in [-0.25, -0.2) is 0 Å². The van der Waals surface area contributed by atoms with Crippen LogP contribution in [0.5, 0.6) is 11.6 Å². The molecular weight excluding hydrogens is 282 g/mol. The first-order valence-corrected chi connectivity index (χ1v) is 6.16. The molecule has 1 heterocycles. The van der Waals surface area contributed by atoms with Gasteiger partial charge in [0.2, 0.25) is 0 Å². The van der Waals surface area contributed by atoms with Crippen molar-refractivity contribution in [3.8, 4) is 11.6 Å². The number of rotatable bonds is 4. The molecule has 20 heavy (non-hydrogen) atoms. The summed E-state index contributed by atoms with van der Waals surface area (Å²) in [4.78, 5) is 14.5. The standard InChI is InChI=1S/C13H12ClN3O3/c1-8-3-5-11(9(14)7-8)20-13-10(17(18)19)4-6-12(15-2)16-13/h3-7H,1-2H3,(H,15,16). The number of hydrogen-bond donors (Lipinski definition) is 1. The van der Waals surface area contributed by atoms with Crippen molar-refractivity contribution < 1.29 is 9.66 Å².